The van der Waals surface area contributed by atoms with Crippen molar-refractivity contribution in [3.05, 3.63) is 18.2 Å². The summed E-state index contributed by atoms with van der Waals surface area (Å²) in [6.45, 7) is 8.78. The molecule has 0 aliphatic carbocycles. The van der Waals surface area contributed by atoms with Crippen LogP contribution >= 0.6 is 0 Å². The number of carbonyl (C=O) groups is 1. The summed E-state index contributed by atoms with van der Waals surface area (Å²) in [5.41, 5.74) is -0.668. The molecule has 1 heterocycles. The van der Waals surface area contributed by atoms with Gasteiger partial charge in [-0.1, -0.05) is 13.8 Å². The van der Waals surface area contributed by atoms with Crippen molar-refractivity contribution in [2.45, 2.75) is 52.1 Å². The molecule has 108 valence electrons. The van der Waals surface area contributed by atoms with E-state index in [2.05, 4.69) is 28.7 Å². The molecule has 0 saturated heterocycles. The van der Waals surface area contributed by atoms with Crippen molar-refractivity contribution in [3.63, 3.8) is 0 Å². The Bertz CT molecular complexity index is 417. The van der Waals surface area contributed by atoms with Crippen LogP contribution in [0.15, 0.2) is 12.4 Å². The Morgan fingerprint density at radius 1 is 1.58 bits per heavy atom. The smallest absolute Gasteiger partial charge is 0.325 e. The molecule has 0 saturated carbocycles. The molecule has 5 nitrogen and oxygen atoms in total. The first-order chi connectivity index (χ1) is 8.98. The molecule has 1 rings (SSSR count). The topological polar surface area (TPSA) is 56.2 Å². The summed E-state index contributed by atoms with van der Waals surface area (Å²) >= 11 is 0. The van der Waals surface area contributed by atoms with Gasteiger partial charge in [0.1, 0.15) is 11.4 Å². The molecule has 0 radical (unpaired) electrons. The van der Waals surface area contributed by atoms with E-state index in [1.807, 2.05) is 20.0 Å². The van der Waals surface area contributed by atoms with Gasteiger partial charge in [-0.05, 0) is 26.8 Å². The van der Waals surface area contributed by atoms with Crippen LogP contribution in [0.5, 0.6) is 0 Å². The second-order valence-electron chi connectivity index (χ2n) is 5.01. The number of rotatable bonds is 7. The largest absolute Gasteiger partial charge is 0.468 e. The van der Waals surface area contributed by atoms with Crippen LogP contribution in [0.1, 0.15) is 46.0 Å². The minimum Gasteiger partial charge on any atom is -0.468 e. The molecule has 5 heteroatoms. The first-order valence-electron chi connectivity index (χ1n) is 6.83. The van der Waals surface area contributed by atoms with Gasteiger partial charge in [-0.3, -0.25) is 4.79 Å². The van der Waals surface area contributed by atoms with Gasteiger partial charge in [-0.2, -0.15) is 0 Å². The minimum atomic E-state index is -0.668. The highest BCUT2D eigenvalue weighted by Gasteiger charge is 2.35. The second-order valence-corrected chi connectivity index (χ2v) is 5.01. The third-order valence-corrected chi connectivity index (χ3v) is 3.45. The van der Waals surface area contributed by atoms with Gasteiger partial charge < -0.3 is 14.6 Å². The molecule has 2 atom stereocenters. The van der Waals surface area contributed by atoms with Gasteiger partial charge in [0.15, 0.2) is 0 Å². The molecule has 0 aliphatic rings. The SMILES string of the molecule is CCNC(C)(CC(C)n1ccnc1CC)C(=O)OC. The highest BCUT2D eigenvalue weighted by molar-refractivity contribution is 5.80. The van der Waals surface area contributed by atoms with Crippen LogP contribution < -0.4 is 5.32 Å². The molecule has 1 aromatic heterocycles. The average Bonchev–Trinajstić information content (AvgIpc) is 2.86. The van der Waals surface area contributed by atoms with E-state index >= 15 is 0 Å². The van der Waals surface area contributed by atoms with Gasteiger partial charge >= 0.3 is 5.97 Å². The highest BCUT2D eigenvalue weighted by Crippen LogP contribution is 2.23. The van der Waals surface area contributed by atoms with E-state index in [1.54, 1.807) is 6.20 Å². The van der Waals surface area contributed by atoms with Crippen LogP contribution in [0.25, 0.3) is 0 Å². The van der Waals surface area contributed by atoms with E-state index in [-0.39, 0.29) is 12.0 Å². The van der Waals surface area contributed by atoms with Crippen LogP contribution in [0.2, 0.25) is 0 Å². The van der Waals surface area contributed by atoms with Crippen LogP contribution in [0.4, 0.5) is 0 Å². The lowest BCUT2D eigenvalue weighted by Crippen LogP contribution is -2.51. The zero-order valence-corrected chi connectivity index (χ0v) is 12.6. The molecule has 0 aromatic carbocycles. The van der Waals surface area contributed by atoms with Crippen molar-refractivity contribution in [3.8, 4) is 0 Å². The van der Waals surface area contributed by atoms with Gasteiger partial charge in [-0.25, -0.2) is 4.98 Å². The van der Waals surface area contributed by atoms with E-state index in [0.717, 1.165) is 18.8 Å². The summed E-state index contributed by atoms with van der Waals surface area (Å²) in [6, 6.07) is 0.181. The predicted molar refractivity (Wildman–Crippen MR) is 75.0 cm³/mol. The van der Waals surface area contributed by atoms with Crippen molar-refractivity contribution >= 4 is 5.97 Å². The average molecular weight is 267 g/mol. The van der Waals surface area contributed by atoms with Crippen LogP contribution in [0, 0.1) is 0 Å². The van der Waals surface area contributed by atoms with Gasteiger partial charge in [0, 0.05) is 24.9 Å². The summed E-state index contributed by atoms with van der Waals surface area (Å²) in [4.78, 5) is 16.3. The number of carbonyl (C=O) groups excluding carboxylic acids is 1. The maximum absolute atomic E-state index is 12.0. The van der Waals surface area contributed by atoms with Crippen LogP contribution in [-0.4, -0.2) is 34.7 Å². The van der Waals surface area contributed by atoms with Crippen LogP contribution in [0.3, 0.4) is 0 Å². The lowest BCUT2D eigenvalue weighted by molar-refractivity contribution is -0.148. The fourth-order valence-corrected chi connectivity index (χ4v) is 2.55. The number of methoxy groups -OCH3 is 1. The number of nitrogens with zero attached hydrogens (tertiary/aromatic N) is 2. The standard InChI is InChI=1S/C14H25N3O2/c1-6-12-15-8-9-17(12)11(3)10-14(4,16-7-2)13(18)19-5/h8-9,11,16H,6-7,10H2,1-5H3. The molecule has 1 N–H and O–H groups in total. The molecule has 1 aromatic rings. The molecular formula is C14H25N3O2. The lowest BCUT2D eigenvalue weighted by Gasteiger charge is -2.31. The maximum atomic E-state index is 12.0. The monoisotopic (exact) mass is 267 g/mol. The van der Waals surface area contributed by atoms with Gasteiger partial charge in [0.2, 0.25) is 0 Å². The molecule has 0 spiro atoms. The molecule has 2 unspecified atom stereocenters. The zero-order valence-electron chi connectivity index (χ0n) is 12.6. The van der Waals surface area contributed by atoms with Crippen molar-refractivity contribution in [1.82, 2.24) is 14.9 Å². The van der Waals surface area contributed by atoms with Gasteiger partial charge in [0.25, 0.3) is 0 Å². The minimum absolute atomic E-state index is 0.181. The zero-order chi connectivity index (χ0) is 14.5. The number of ether oxygens (including phenoxy) is 1. The number of imidazole rings is 1. The van der Waals surface area contributed by atoms with E-state index in [1.165, 1.54) is 7.11 Å². The molecule has 0 amide bonds. The normalized spacial score (nSPS) is 15.8. The Kier molecular flexibility index (Phi) is 5.54. The van der Waals surface area contributed by atoms with E-state index in [0.29, 0.717) is 6.42 Å². The maximum Gasteiger partial charge on any atom is 0.325 e. The number of aromatic nitrogens is 2. The lowest BCUT2D eigenvalue weighted by atomic mass is 9.93. The van der Waals surface area contributed by atoms with E-state index in [4.69, 9.17) is 4.74 Å². The van der Waals surface area contributed by atoms with Crippen molar-refractivity contribution in [2.75, 3.05) is 13.7 Å². The molecule has 0 fully saturated rings. The molecular weight excluding hydrogens is 242 g/mol. The van der Waals surface area contributed by atoms with Crippen molar-refractivity contribution in [1.29, 1.82) is 0 Å². The highest BCUT2D eigenvalue weighted by atomic mass is 16.5. The Morgan fingerprint density at radius 2 is 2.26 bits per heavy atom. The fourth-order valence-electron chi connectivity index (χ4n) is 2.55. The number of nitrogens with one attached hydrogen (secondary N) is 1. The third kappa shape index (κ3) is 3.56. The Balaban J connectivity index is 2.88. The summed E-state index contributed by atoms with van der Waals surface area (Å²) in [5, 5.41) is 3.23. The fraction of sp³-hybridized carbons (Fsp3) is 0.714. The molecule has 0 bridgehead atoms. The number of likely N-dealkylation sites (N-methyl/N-ethyl adjacent to an activating group) is 1. The number of hydrogen-bond donors (Lipinski definition) is 1. The predicted octanol–water partition coefficient (Wildman–Crippen LogP) is 1.94. The first kappa shape index (κ1) is 15.7. The number of hydrogen-bond acceptors (Lipinski definition) is 4. The molecule has 19 heavy (non-hydrogen) atoms. The van der Waals surface area contributed by atoms with Crippen molar-refractivity contribution in [2.24, 2.45) is 0 Å². The van der Waals surface area contributed by atoms with Gasteiger partial charge in [-0.15, -0.1) is 0 Å². The first-order valence-corrected chi connectivity index (χ1v) is 6.83. The Hall–Kier alpha value is -1.36. The molecule has 0 aliphatic heterocycles. The van der Waals surface area contributed by atoms with Crippen molar-refractivity contribution < 1.29 is 9.53 Å². The number of esters is 1. The van der Waals surface area contributed by atoms with Crippen LogP contribution in [-0.2, 0) is 16.0 Å². The van der Waals surface area contributed by atoms with Gasteiger partial charge in [0.05, 0.1) is 7.11 Å². The number of aryl methyl sites for hydroxylation is 1. The summed E-state index contributed by atoms with van der Waals surface area (Å²) in [5.74, 6) is 0.815. The summed E-state index contributed by atoms with van der Waals surface area (Å²) in [6.07, 6.45) is 5.32. The second kappa shape index (κ2) is 6.70. The Morgan fingerprint density at radius 3 is 2.79 bits per heavy atom. The summed E-state index contributed by atoms with van der Waals surface area (Å²) < 4.78 is 7.04. The Labute approximate surface area is 115 Å². The summed E-state index contributed by atoms with van der Waals surface area (Å²) in [7, 11) is 1.43. The van der Waals surface area contributed by atoms with E-state index < -0.39 is 5.54 Å². The van der Waals surface area contributed by atoms with E-state index in [9.17, 15) is 4.79 Å². The quantitative estimate of drug-likeness (QED) is 0.767. The third-order valence-electron chi connectivity index (χ3n) is 3.45.